The van der Waals surface area contributed by atoms with E-state index in [0.29, 0.717) is 0 Å². The molecule has 0 aliphatic carbocycles. The minimum atomic E-state index is 1.24. The Balaban J connectivity index is 2.46. The van der Waals surface area contributed by atoms with E-state index >= 15 is 0 Å². The highest BCUT2D eigenvalue weighted by Gasteiger charge is 1.93. The molecule has 0 aromatic carbocycles. The largest absolute Gasteiger partial charge is 0.265 e. The van der Waals surface area contributed by atoms with E-state index in [1.54, 1.807) is 11.3 Å². The molecule has 0 saturated carbocycles. The summed E-state index contributed by atoms with van der Waals surface area (Å²) in [5.41, 5.74) is 2.51. The highest BCUT2D eigenvalue weighted by Crippen LogP contribution is 2.20. The molecule has 0 aliphatic rings. The first-order valence-corrected chi connectivity index (χ1v) is 4.34. The van der Waals surface area contributed by atoms with Gasteiger partial charge in [-0.2, -0.15) is 11.3 Å². The van der Waals surface area contributed by atoms with Crippen molar-refractivity contribution in [2.45, 2.75) is 0 Å². The predicted molar refractivity (Wildman–Crippen MR) is 47.6 cm³/mol. The van der Waals surface area contributed by atoms with E-state index in [0.717, 1.165) is 0 Å². The summed E-state index contributed by atoms with van der Waals surface area (Å²) in [6.45, 7) is 0. The lowest BCUT2D eigenvalue weighted by Crippen LogP contribution is -1.72. The third kappa shape index (κ3) is 1.30. The Labute approximate surface area is 69.3 Å². The van der Waals surface area contributed by atoms with Crippen molar-refractivity contribution in [3.8, 4) is 11.1 Å². The molecule has 0 radical (unpaired) electrons. The summed E-state index contributed by atoms with van der Waals surface area (Å²) in [7, 11) is 0. The number of hydrogen-bond donors (Lipinski definition) is 0. The van der Waals surface area contributed by atoms with E-state index in [2.05, 4.69) is 21.8 Å². The maximum atomic E-state index is 3.96. The molecule has 0 amide bonds. The first-order valence-electron chi connectivity index (χ1n) is 3.39. The van der Waals surface area contributed by atoms with E-state index in [1.165, 1.54) is 11.1 Å². The molecule has 0 unspecified atom stereocenters. The van der Waals surface area contributed by atoms with Crippen molar-refractivity contribution in [3.63, 3.8) is 0 Å². The molecule has 0 saturated heterocycles. The summed E-state index contributed by atoms with van der Waals surface area (Å²) in [6, 6.07) is 6.14. The highest BCUT2D eigenvalue weighted by atomic mass is 32.1. The number of thiophene rings is 1. The van der Waals surface area contributed by atoms with Gasteiger partial charge in [-0.3, -0.25) is 4.98 Å². The van der Waals surface area contributed by atoms with Gasteiger partial charge in [0, 0.05) is 12.4 Å². The molecule has 0 N–H and O–H groups in total. The molecule has 2 rings (SSSR count). The zero-order chi connectivity index (χ0) is 7.52. The van der Waals surface area contributed by atoms with Gasteiger partial charge in [0.15, 0.2) is 0 Å². The lowest BCUT2D eigenvalue weighted by atomic mass is 10.1. The van der Waals surface area contributed by atoms with Gasteiger partial charge < -0.3 is 0 Å². The standard InChI is InChI=1S/C9H7NS/c1-4-10-5-2-8(1)9-3-6-11-7-9/h1-7H. The highest BCUT2D eigenvalue weighted by molar-refractivity contribution is 7.08. The average molecular weight is 161 g/mol. The zero-order valence-corrected chi connectivity index (χ0v) is 6.71. The monoisotopic (exact) mass is 161 g/mol. The van der Waals surface area contributed by atoms with E-state index in [9.17, 15) is 0 Å². The van der Waals surface area contributed by atoms with Gasteiger partial charge in [-0.25, -0.2) is 0 Å². The SMILES string of the molecule is c1cc(-c2ccsc2)ccn1. The molecule has 0 fully saturated rings. The smallest absolute Gasteiger partial charge is 0.0273 e. The van der Waals surface area contributed by atoms with Crippen molar-refractivity contribution in [1.82, 2.24) is 4.98 Å². The van der Waals surface area contributed by atoms with Crippen LogP contribution in [0.3, 0.4) is 0 Å². The quantitative estimate of drug-likeness (QED) is 0.626. The summed E-state index contributed by atoms with van der Waals surface area (Å²) in [5.74, 6) is 0. The van der Waals surface area contributed by atoms with E-state index in [1.807, 2.05) is 24.5 Å². The van der Waals surface area contributed by atoms with Crippen molar-refractivity contribution in [3.05, 3.63) is 41.4 Å². The second kappa shape index (κ2) is 2.84. The predicted octanol–water partition coefficient (Wildman–Crippen LogP) is 2.81. The maximum Gasteiger partial charge on any atom is 0.0273 e. The second-order valence-corrected chi connectivity index (χ2v) is 3.03. The summed E-state index contributed by atoms with van der Waals surface area (Å²) >= 11 is 1.71. The van der Waals surface area contributed by atoms with Crippen molar-refractivity contribution in [2.75, 3.05) is 0 Å². The number of pyridine rings is 1. The van der Waals surface area contributed by atoms with Crippen LogP contribution in [0, 0.1) is 0 Å². The number of aromatic nitrogens is 1. The Kier molecular flexibility index (Phi) is 1.69. The summed E-state index contributed by atoms with van der Waals surface area (Å²) in [6.07, 6.45) is 3.62. The van der Waals surface area contributed by atoms with Gasteiger partial charge in [0.1, 0.15) is 0 Å². The molecule has 2 heteroatoms. The Bertz CT molecular complexity index is 313. The van der Waals surface area contributed by atoms with Crippen LogP contribution in [0.5, 0.6) is 0 Å². The number of hydrogen-bond acceptors (Lipinski definition) is 2. The summed E-state index contributed by atoms with van der Waals surface area (Å²) in [4.78, 5) is 3.96. The van der Waals surface area contributed by atoms with Crippen molar-refractivity contribution >= 4 is 11.3 Å². The van der Waals surface area contributed by atoms with Crippen LogP contribution < -0.4 is 0 Å². The van der Waals surface area contributed by atoms with Gasteiger partial charge in [-0.05, 0) is 40.1 Å². The molecule has 2 aromatic rings. The van der Waals surface area contributed by atoms with E-state index in [-0.39, 0.29) is 0 Å². The van der Waals surface area contributed by atoms with Crippen molar-refractivity contribution in [2.24, 2.45) is 0 Å². The fraction of sp³-hybridized carbons (Fsp3) is 0. The second-order valence-electron chi connectivity index (χ2n) is 2.25. The molecule has 2 heterocycles. The van der Waals surface area contributed by atoms with Crippen LogP contribution in [0.25, 0.3) is 11.1 Å². The Hall–Kier alpha value is -1.15. The summed E-state index contributed by atoms with van der Waals surface area (Å²) < 4.78 is 0. The van der Waals surface area contributed by atoms with Gasteiger partial charge in [0.25, 0.3) is 0 Å². The van der Waals surface area contributed by atoms with Crippen LogP contribution in [0.4, 0.5) is 0 Å². The summed E-state index contributed by atoms with van der Waals surface area (Å²) in [5, 5.41) is 4.21. The van der Waals surface area contributed by atoms with E-state index in [4.69, 9.17) is 0 Å². The van der Waals surface area contributed by atoms with Crippen LogP contribution in [0.15, 0.2) is 41.4 Å². The molecular weight excluding hydrogens is 154 g/mol. The van der Waals surface area contributed by atoms with Gasteiger partial charge in [-0.15, -0.1) is 0 Å². The maximum absolute atomic E-state index is 3.96. The first kappa shape index (κ1) is 6.55. The van der Waals surface area contributed by atoms with E-state index < -0.39 is 0 Å². The lowest BCUT2D eigenvalue weighted by Gasteiger charge is -1.93. The third-order valence-electron chi connectivity index (χ3n) is 1.53. The van der Waals surface area contributed by atoms with Crippen molar-refractivity contribution in [1.29, 1.82) is 0 Å². The molecule has 2 aromatic heterocycles. The molecule has 11 heavy (non-hydrogen) atoms. The topological polar surface area (TPSA) is 12.9 Å². The minimum Gasteiger partial charge on any atom is -0.265 e. The van der Waals surface area contributed by atoms with Crippen LogP contribution in [-0.4, -0.2) is 4.98 Å². The minimum absolute atomic E-state index is 1.24. The molecule has 54 valence electrons. The van der Waals surface area contributed by atoms with Crippen LogP contribution in [0.2, 0.25) is 0 Å². The van der Waals surface area contributed by atoms with Crippen LogP contribution >= 0.6 is 11.3 Å². The Morgan fingerprint density at radius 3 is 2.45 bits per heavy atom. The molecule has 0 aliphatic heterocycles. The third-order valence-corrected chi connectivity index (χ3v) is 2.22. The van der Waals surface area contributed by atoms with Gasteiger partial charge >= 0.3 is 0 Å². The number of nitrogens with zero attached hydrogens (tertiary/aromatic N) is 1. The Morgan fingerprint density at radius 1 is 1.00 bits per heavy atom. The molecular formula is C9H7NS. The Morgan fingerprint density at radius 2 is 1.82 bits per heavy atom. The fourth-order valence-corrected chi connectivity index (χ4v) is 1.64. The first-order chi connectivity index (χ1) is 5.47. The van der Waals surface area contributed by atoms with Gasteiger partial charge in [0.05, 0.1) is 0 Å². The normalized spacial score (nSPS) is 9.82. The zero-order valence-electron chi connectivity index (χ0n) is 5.90. The van der Waals surface area contributed by atoms with Crippen molar-refractivity contribution < 1.29 is 0 Å². The van der Waals surface area contributed by atoms with Crippen LogP contribution in [-0.2, 0) is 0 Å². The molecule has 0 bridgehead atoms. The fourth-order valence-electron chi connectivity index (χ4n) is 0.973. The number of rotatable bonds is 1. The van der Waals surface area contributed by atoms with Gasteiger partial charge in [-0.1, -0.05) is 0 Å². The lowest BCUT2D eigenvalue weighted by molar-refractivity contribution is 1.33. The van der Waals surface area contributed by atoms with Crippen LogP contribution in [0.1, 0.15) is 0 Å². The molecule has 1 nitrogen and oxygen atoms in total. The molecule has 0 spiro atoms. The average Bonchev–Trinajstić information content (AvgIpc) is 2.58. The molecule has 0 atom stereocenters. The van der Waals surface area contributed by atoms with Gasteiger partial charge in [0.2, 0.25) is 0 Å².